The molecule has 2 heterocycles. The molecule has 0 bridgehead atoms. The second-order valence-electron chi connectivity index (χ2n) is 8.11. The Morgan fingerprint density at radius 1 is 0.939 bits per heavy atom. The van der Waals surface area contributed by atoms with Crippen LogP contribution in [0.5, 0.6) is 0 Å². The highest BCUT2D eigenvalue weighted by Gasteiger charge is 2.27. The summed E-state index contributed by atoms with van der Waals surface area (Å²) in [5, 5.41) is 4.90. The molecule has 1 aliphatic rings. The molecular formula is C25H23N3O4S. The van der Waals surface area contributed by atoms with Gasteiger partial charge in [0, 0.05) is 30.3 Å². The maximum absolute atomic E-state index is 13.2. The lowest BCUT2D eigenvalue weighted by atomic mass is 10.0. The smallest absolute Gasteiger partial charge is 0.253 e. The Morgan fingerprint density at radius 2 is 1.61 bits per heavy atom. The van der Waals surface area contributed by atoms with Gasteiger partial charge in [0.2, 0.25) is 10.0 Å². The summed E-state index contributed by atoms with van der Waals surface area (Å²) in [6, 6.07) is 23.2. The van der Waals surface area contributed by atoms with Crippen LogP contribution in [0.2, 0.25) is 0 Å². The van der Waals surface area contributed by atoms with Crippen molar-refractivity contribution < 1.29 is 17.7 Å². The van der Waals surface area contributed by atoms with E-state index in [1.54, 1.807) is 47.4 Å². The average molecular weight is 462 g/mol. The second kappa shape index (κ2) is 8.80. The van der Waals surface area contributed by atoms with Crippen LogP contribution in [-0.4, -0.2) is 43.5 Å². The quantitative estimate of drug-likeness (QED) is 0.484. The van der Waals surface area contributed by atoms with Crippen LogP contribution >= 0.6 is 0 Å². The first-order valence-electron chi connectivity index (χ1n) is 10.8. The largest absolute Gasteiger partial charge is 0.355 e. The van der Waals surface area contributed by atoms with Crippen LogP contribution in [0.15, 0.2) is 88.3 Å². The minimum atomic E-state index is -3.57. The molecule has 1 saturated heterocycles. The van der Waals surface area contributed by atoms with Crippen LogP contribution in [0.1, 0.15) is 23.2 Å². The van der Waals surface area contributed by atoms with Gasteiger partial charge in [-0.25, -0.2) is 13.1 Å². The molecule has 0 atom stereocenters. The summed E-state index contributed by atoms with van der Waals surface area (Å²) in [6.45, 7) is 0.960. The zero-order valence-electron chi connectivity index (χ0n) is 17.8. The van der Waals surface area contributed by atoms with Crippen molar-refractivity contribution in [3.05, 3.63) is 84.4 Å². The molecule has 1 N–H and O–H groups in total. The van der Waals surface area contributed by atoms with Crippen molar-refractivity contribution in [2.45, 2.75) is 23.8 Å². The van der Waals surface area contributed by atoms with Gasteiger partial charge in [0.25, 0.3) is 5.91 Å². The molecule has 0 radical (unpaired) electrons. The summed E-state index contributed by atoms with van der Waals surface area (Å²) in [5.41, 5.74) is 2.15. The predicted octanol–water partition coefficient (Wildman–Crippen LogP) is 4.08. The Labute approximate surface area is 192 Å². The zero-order valence-corrected chi connectivity index (χ0v) is 18.7. The van der Waals surface area contributed by atoms with E-state index in [-0.39, 0.29) is 16.8 Å². The van der Waals surface area contributed by atoms with Crippen LogP contribution in [0, 0.1) is 0 Å². The van der Waals surface area contributed by atoms with Crippen molar-refractivity contribution in [1.29, 1.82) is 0 Å². The van der Waals surface area contributed by atoms with Gasteiger partial charge in [0.15, 0.2) is 5.76 Å². The molecule has 3 aromatic carbocycles. The lowest BCUT2D eigenvalue weighted by Gasteiger charge is -2.32. The first-order valence-corrected chi connectivity index (χ1v) is 12.3. The van der Waals surface area contributed by atoms with E-state index < -0.39 is 10.0 Å². The van der Waals surface area contributed by atoms with E-state index in [0.717, 1.165) is 10.9 Å². The number of amides is 1. The molecule has 0 saturated carbocycles. The number of fused-ring (bicyclic) bond motifs is 1. The van der Waals surface area contributed by atoms with Gasteiger partial charge in [0.05, 0.1) is 10.3 Å². The normalized spacial score (nSPS) is 15.1. The second-order valence-corrected chi connectivity index (χ2v) is 9.82. The molecule has 168 valence electrons. The Morgan fingerprint density at radius 3 is 2.30 bits per heavy atom. The van der Waals surface area contributed by atoms with Crippen LogP contribution in [0.3, 0.4) is 0 Å². The fourth-order valence-corrected chi connectivity index (χ4v) is 5.47. The fraction of sp³-hybridized carbons (Fsp3) is 0.200. The van der Waals surface area contributed by atoms with E-state index >= 15 is 0 Å². The predicted molar refractivity (Wildman–Crippen MR) is 125 cm³/mol. The third kappa shape index (κ3) is 4.40. The number of sulfonamides is 1. The molecule has 4 aromatic rings. The van der Waals surface area contributed by atoms with Crippen molar-refractivity contribution in [2.75, 3.05) is 13.1 Å². The molecule has 0 spiro atoms. The number of benzene rings is 3. The summed E-state index contributed by atoms with van der Waals surface area (Å²) in [5.74, 6) is 0.552. The van der Waals surface area contributed by atoms with Gasteiger partial charge < -0.3 is 9.42 Å². The zero-order chi connectivity index (χ0) is 22.8. The van der Waals surface area contributed by atoms with E-state index in [2.05, 4.69) is 9.88 Å². The number of carbonyl (C=O) groups is 1. The average Bonchev–Trinajstić information content (AvgIpc) is 3.28. The number of carbonyl (C=O) groups excluding carboxylic acids is 1. The van der Waals surface area contributed by atoms with Gasteiger partial charge in [-0.3, -0.25) is 4.79 Å². The number of likely N-dealkylation sites (tertiary alicyclic amines) is 1. The molecule has 0 unspecified atom stereocenters. The van der Waals surface area contributed by atoms with Gasteiger partial charge >= 0.3 is 0 Å². The molecule has 7 nitrogen and oxygen atoms in total. The fourth-order valence-electron chi connectivity index (χ4n) is 4.14. The molecule has 1 fully saturated rings. The highest BCUT2D eigenvalue weighted by molar-refractivity contribution is 7.89. The minimum absolute atomic E-state index is 0.0820. The number of rotatable bonds is 5. The molecular weight excluding hydrogens is 438 g/mol. The van der Waals surface area contributed by atoms with Crippen molar-refractivity contribution >= 4 is 26.8 Å². The van der Waals surface area contributed by atoms with E-state index in [9.17, 15) is 13.2 Å². The molecule has 1 aromatic heterocycles. The highest BCUT2D eigenvalue weighted by atomic mass is 32.2. The minimum Gasteiger partial charge on any atom is -0.355 e. The summed E-state index contributed by atoms with van der Waals surface area (Å²) in [6.07, 6.45) is 1.12. The van der Waals surface area contributed by atoms with Crippen molar-refractivity contribution in [1.82, 2.24) is 14.8 Å². The number of nitrogens with zero attached hydrogens (tertiary/aromatic N) is 2. The van der Waals surface area contributed by atoms with Crippen LogP contribution in [0.4, 0.5) is 0 Å². The molecule has 1 aliphatic heterocycles. The van der Waals surface area contributed by atoms with Crippen LogP contribution < -0.4 is 4.72 Å². The lowest BCUT2D eigenvalue weighted by molar-refractivity contribution is 0.0711. The molecule has 5 rings (SSSR count). The van der Waals surface area contributed by atoms with Gasteiger partial charge in [-0.15, -0.1) is 0 Å². The number of hydrogen-bond acceptors (Lipinski definition) is 5. The topological polar surface area (TPSA) is 92.5 Å². The monoisotopic (exact) mass is 461 g/mol. The summed E-state index contributed by atoms with van der Waals surface area (Å²) < 4.78 is 33.5. The molecule has 33 heavy (non-hydrogen) atoms. The number of aromatic nitrogens is 1. The Hall–Kier alpha value is -3.49. The first-order chi connectivity index (χ1) is 16.0. The number of piperidine rings is 1. The summed E-state index contributed by atoms with van der Waals surface area (Å²) >= 11 is 0. The SMILES string of the molecule is O=C(c1ccc2noc(-c3ccccc3)c2c1)N1CCC(NS(=O)(=O)c2ccccc2)CC1. The van der Waals surface area contributed by atoms with Crippen LogP contribution in [-0.2, 0) is 10.0 Å². The highest BCUT2D eigenvalue weighted by Crippen LogP contribution is 2.29. The maximum Gasteiger partial charge on any atom is 0.253 e. The summed E-state index contributed by atoms with van der Waals surface area (Å²) in [7, 11) is -3.57. The van der Waals surface area contributed by atoms with E-state index in [4.69, 9.17) is 4.52 Å². The lowest BCUT2D eigenvalue weighted by Crippen LogP contribution is -2.46. The Balaban J connectivity index is 1.28. The van der Waals surface area contributed by atoms with Gasteiger partial charge in [-0.1, -0.05) is 53.7 Å². The van der Waals surface area contributed by atoms with Gasteiger partial charge in [-0.2, -0.15) is 0 Å². The third-order valence-electron chi connectivity index (χ3n) is 5.92. The van der Waals surface area contributed by atoms with Crippen LogP contribution in [0.25, 0.3) is 22.2 Å². The maximum atomic E-state index is 13.2. The first kappa shape index (κ1) is 21.4. The molecule has 1 amide bonds. The standard InChI is InChI=1S/C25H23N3O4S/c29-25(19-11-12-23-22(17-19)24(32-26-23)18-7-3-1-4-8-18)28-15-13-20(14-16-28)27-33(30,31)21-9-5-2-6-10-21/h1-12,17,20,27H,13-16H2. The van der Waals surface area contributed by atoms with Gasteiger partial charge in [-0.05, 0) is 43.2 Å². The van der Waals surface area contributed by atoms with Crippen molar-refractivity contribution in [2.24, 2.45) is 0 Å². The van der Waals surface area contributed by atoms with Crippen molar-refractivity contribution in [3.63, 3.8) is 0 Å². The summed E-state index contributed by atoms with van der Waals surface area (Å²) in [4.78, 5) is 15.2. The Kier molecular flexibility index (Phi) is 5.70. The van der Waals surface area contributed by atoms with Gasteiger partial charge in [0.1, 0.15) is 5.52 Å². The van der Waals surface area contributed by atoms with E-state index in [1.807, 2.05) is 36.4 Å². The van der Waals surface area contributed by atoms with E-state index in [1.165, 1.54) is 0 Å². The van der Waals surface area contributed by atoms with Crippen molar-refractivity contribution in [3.8, 4) is 11.3 Å². The molecule has 8 heteroatoms. The number of nitrogens with one attached hydrogen (secondary N) is 1. The Bertz CT molecular complexity index is 1380. The van der Waals surface area contributed by atoms with E-state index in [0.29, 0.717) is 42.8 Å². The molecule has 0 aliphatic carbocycles. The third-order valence-corrected chi connectivity index (χ3v) is 7.45. The number of hydrogen-bond donors (Lipinski definition) is 1.